The molecule has 102 valence electrons. The van der Waals surface area contributed by atoms with Gasteiger partial charge < -0.3 is 4.74 Å². The van der Waals surface area contributed by atoms with Crippen molar-refractivity contribution in [1.29, 1.82) is 0 Å². The lowest BCUT2D eigenvalue weighted by Gasteiger charge is -2.07. The number of ketones is 2. The lowest BCUT2D eigenvalue weighted by atomic mass is 10.1. The minimum absolute atomic E-state index is 0.0205. The van der Waals surface area contributed by atoms with Crippen LogP contribution in [-0.4, -0.2) is 11.6 Å². The van der Waals surface area contributed by atoms with Crippen LogP contribution in [0.5, 0.6) is 11.5 Å². The van der Waals surface area contributed by atoms with Crippen molar-refractivity contribution in [2.24, 2.45) is 0 Å². The summed E-state index contributed by atoms with van der Waals surface area (Å²) >= 11 is 0. The number of hydrogen-bond donors (Lipinski definition) is 0. The summed E-state index contributed by atoms with van der Waals surface area (Å²) in [7, 11) is 0. The summed E-state index contributed by atoms with van der Waals surface area (Å²) in [6.45, 7) is 3.35. The van der Waals surface area contributed by atoms with Crippen LogP contribution in [0, 0.1) is 0 Å². The van der Waals surface area contributed by atoms with Gasteiger partial charge in [0.05, 0.1) is 0 Å². The first-order chi connectivity index (χ1) is 9.60. The normalized spacial score (nSPS) is 10.1. The Kier molecular flexibility index (Phi) is 4.31. The maximum absolute atomic E-state index is 11.6. The Morgan fingerprint density at radius 2 is 1.65 bits per heavy atom. The van der Waals surface area contributed by atoms with Crippen LogP contribution in [0.4, 0.5) is 0 Å². The lowest BCUT2D eigenvalue weighted by Crippen LogP contribution is -1.96. The first-order valence-electron chi connectivity index (χ1n) is 6.52. The third-order valence-corrected chi connectivity index (χ3v) is 2.97. The monoisotopic (exact) mass is 268 g/mol. The van der Waals surface area contributed by atoms with Crippen molar-refractivity contribution in [3.8, 4) is 11.5 Å². The number of hydrogen-bond acceptors (Lipinski definition) is 3. The SMILES string of the molecule is CCC(=O)c1cccc(Oc2ccc(C(C)=O)cc2)c1. The van der Waals surface area contributed by atoms with Gasteiger partial charge in [-0.2, -0.15) is 0 Å². The highest BCUT2D eigenvalue weighted by Crippen LogP contribution is 2.23. The molecule has 0 saturated heterocycles. The smallest absolute Gasteiger partial charge is 0.162 e. The van der Waals surface area contributed by atoms with Crippen LogP contribution in [0.25, 0.3) is 0 Å². The predicted octanol–water partition coefficient (Wildman–Crippen LogP) is 4.27. The van der Waals surface area contributed by atoms with E-state index in [4.69, 9.17) is 4.74 Å². The number of ether oxygens (including phenoxy) is 1. The molecule has 0 N–H and O–H groups in total. The average molecular weight is 268 g/mol. The van der Waals surface area contributed by atoms with Crippen molar-refractivity contribution >= 4 is 11.6 Å². The zero-order valence-electron chi connectivity index (χ0n) is 11.6. The molecule has 0 atom stereocenters. The quantitative estimate of drug-likeness (QED) is 0.760. The zero-order valence-corrected chi connectivity index (χ0v) is 11.6. The first kappa shape index (κ1) is 14.0. The fourth-order valence-electron chi connectivity index (χ4n) is 1.83. The van der Waals surface area contributed by atoms with E-state index in [0.717, 1.165) is 0 Å². The molecule has 0 fully saturated rings. The average Bonchev–Trinajstić information content (AvgIpc) is 2.47. The van der Waals surface area contributed by atoms with E-state index in [1.54, 1.807) is 48.5 Å². The van der Waals surface area contributed by atoms with E-state index in [9.17, 15) is 9.59 Å². The van der Waals surface area contributed by atoms with Crippen LogP contribution in [0.15, 0.2) is 48.5 Å². The van der Waals surface area contributed by atoms with Gasteiger partial charge in [0.15, 0.2) is 11.6 Å². The number of benzene rings is 2. The summed E-state index contributed by atoms with van der Waals surface area (Å²) in [6.07, 6.45) is 0.469. The highest BCUT2D eigenvalue weighted by atomic mass is 16.5. The van der Waals surface area contributed by atoms with E-state index in [2.05, 4.69) is 0 Å². The number of rotatable bonds is 5. The summed E-state index contributed by atoms with van der Waals surface area (Å²) in [5.41, 5.74) is 1.29. The molecule has 20 heavy (non-hydrogen) atoms. The molecule has 0 radical (unpaired) electrons. The maximum atomic E-state index is 11.6. The Morgan fingerprint density at radius 3 is 2.25 bits per heavy atom. The Morgan fingerprint density at radius 1 is 0.950 bits per heavy atom. The molecule has 0 aromatic heterocycles. The van der Waals surface area contributed by atoms with Crippen molar-refractivity contribution in [1.82, 2.24) is 0 Å². The summed E-state index contributed by atoms with van der Waals surface area (Å²) in [4.78, 5) is 22.8. The largest absolute Gasteiger partial charge is 0.457 e. The topological polar surface area (TPSA) is 43.4 Å². The molecule has 0 bridgehead atoms. The molecule has 0 heterocycles. The fraction of sp³-hybridized carbons (Fsp3) is 0.176. The molecule has 2 aromatic carbocycles. The van der Waals surface area contributed by atoms with Crippen LogP contribution in [-0.2, 0) is 0 Å². The summed E-state index contributed by atoms with van der Waals surface area (Å²) < 4.78 is 5.68. The second-order valence-electron chi connectivity index (χ2n) is 4.49. The van der Waals surface area contributed by atoms with Gasteiger partial charge >= 0.3 is 0 Å². The van der Waals surface area contributed by atoms with E-state index in [-0.39, 0.29) is 11.6 Å². The van der Waals surface area contributed by atoms with Crippen molar-refractivity contribution < 1.29 is 14.3 Å². The van der Waals surface area contributed by atoms with Gasteiger partial charge in [-0.25, -0.2) is 0 Å². The molecule has 0 aliphatic heterocycles. The lowest BCUT2D eigenvalue weighted by molar-refractivity contribution is 0.0985. The van der Waals surface area contributed by atoms with Gasteiger partial charge in [-0.15, -0.1) is 0 Å². The number of carbonyl (C=O) groups excluding carboxylic acids is 2. The van der Waals surface area contributed by atoms with Gasteiger partial charge in [0, 0.05) is 17.5 Å². The van der Waals surface area contributed by atoms with Crippen molar-refractivity contribution in [2.45, 2.75) is 20.3 Å². The van der Waals surface area contributed by atoms with Crippen molar-refractivity contribution in [3.05, 3.63) is 59.7 Å². The molecule has 0 aliphatic carbocycles. The van der Waals surface area contributed by atoms with E-state index in [1.807, 2.05) is 6.92 Å². The summed E-state index contributed by atoms with van der Waals surface area (Å²) in [6, 6.07) is 14.0. The van der Waals surface area contributed by atoms with Gasteiger partial charge in [0.1, 0.15) is 11.5 Å². The molecule has 0 spiro atoms. The highest BCUT2D eigenvalue weighted by Gasteiger charge is 2.05. The van der Waals surface area contributed by atoms with E-state index >= 15 is 0 Å². The predicted molar refractivity (Wildman–Crippen MR) is 77.6 cm³/mol. The Bertz CT molecular complexity index is 627. The third-order valence-electron chi connectivity index (χ3n) is 2.97. The van der Waals surface area contributed by atoms with E-state index in [0.29, 0.717) is 29.0 Å². The standard InChI is InChI=1S/C17H16O3/c1-3-17(19)14-5-4-6-16(11-14)20-15-9-7-13(8-10-15)12(2)18/h4-11H,3H2,1-2H3. The third kappa shape index (κ3) is 3.32. The van der Waals surface area contributed by atoms with Gasteiger partial charge in [0.2, 0.25) is 0 Å². The Balaban J connectivity index is 2.17. The Hall–Kier alpha value is -2.42. The van der Waals surface area contributed by atoms with Gasteiger partial charge in [0.25, 0.3) is 0 Å². The van der Waals surface area contributed by atoms with Gasteiger partial charge in [-0.05, 0) is 43.3 Å². The molecule has 0 unspecified atom stereocenters. The Labute approximate surface area is 118 Å². The molecule has 0 amide bonds. The molecule has 0 aliphatic rings. The second kappa shape index (κ2) is 6.15. The minimum atomic E-state index is 0.0205. The van der Waals surface area contributed by atoms with Crippen molar-refractivity contribution in [3.63, 3.8) is 0 Å². The highest BCUT2D eigenvalue weighted by molar-refractivity contribution is 5.96. The van der Waals surface area contributed by atoms with Crippen LogP contribution in [0.3, 0.4) is 0 Å². The molecular weight excluding hydrogens is 252 g/mol. The molecule has 0 saturated carbocycles. The molecule has 2 aromatic rings. The number of Topliss-reactive ketones (excluding diaryl/α,β-unsaturated/α-hetero) is 2. The molecule has 3 nitrogen and oxygen atoms in total. The second-order valence-corrected chi connectivity index (χ2v) is 4.49. The minimum Gasteiger partial charge on any atom is -0.457 e. The van der Waals surface area contributed by atoms with Crippen LogP contribution < -0.4 is 4.74 Å². The van der Waals surface area contributed by atoms with Crippen LogP contribution >= 0.6 is 0 Å². The zero-order chi connectivity index (χ0) is 14.5. The van der Waals surface area contributed by atoms with E-state index < -0.39 is 0 Å². The summed E-state index contributed by atoms with van der Waals surface area (Å²) in [5.74, 6) is 1.35. The number of carbonyl (C=O) groups is 2. The van der Waals surface area contributed by atoms with Gasteiger partial charge in [-0.3, -0.25) is 9.59 Å². The maximum Gasteiger partial charge on any atom is 0.162 e. The van der Waals surface area contributed by atoms with E-state index in [1.165, 1.54) is 6.92 Å². The van der Waals surface area contributed by atoms with Crippen LogP contribution in [0.2, 0.25) is 0 Å². The first-order valence-corrected chi connectivity index (χ1v) is 6.52. The van der Waals surface area contributed by atoms with Gasteiger partial charge in [-0.1, -0.05) is 19.1 Å². The molecule has 3 heteroatoms. The fourth-order valence-corrected chi connectivity index (χ4v) is 1.83. The van der Waals surface area contributed by atoms with Crippen molar-refractivity contribution in [2.75, 3.05) is 0 Å². The summed E-state index contributed by atoms with van der Waals surface area (Å²) in [5, 5.41) is 0. The van der Waals surface area contributed by atoms with Crippen LogP contribution in [0.1, 0.15) is 41.0 Å². The molecular formula is C17H16O3. The molecule has 2 rings (SSSR count).